The molecule has 0 atom stereocenters. The van der Waals surface area contributed by atoms with Crippen molar-refractivity contribution in [1.82, 2.24) is 0 Å². The molecule has 0 aromatic heterocycles. The molecular weight excluding hydrogens is 346 g/mol. The molecule has 0 heterocycles. The average Bonchev–Trinajstić information content (AvgIpc) is 2.76. The number of benzene rings is 2. The lowest BCUT2D eigenvalue weighted by Gasteiger charge is -2.22. The standard InChI is InChI=1S/C12H13N3.C11H14N2/c13-8-4-10-15(11-5-9-14)12-6-2-1-3-7-12;1-2-13(10-6-9-12)11-7-4-3-5-8-11/h1-3,6-7H,4-5,10-11H2;3-5,7-8H,2,6,10H2,1H3. The van der Waals surface area contributed by atoms with Gasteiger partial charge in [0.25, 0.3) is 0 Å². The van der Waals surface area contributed by atoms with Gasteiger partial charge < -0.3 is 9.80 Å². The summed E-state index contributed by atoms with van der Waals surface area (Å²) in [5.41, 5.74) is 2.27. The molecule has 2 aromatic rings. The Kier molecular flexibility index (Phi) is 11.8. The number of hydrogen-bond acceptors (Lipinski definition) is 5. The summed E-state index contributed by atoms with van der Waals surface area (Å²) in [5.74, 6) is 0. The highest BCUT2D eigenvalue weighted by atomic mass is 15.1. The molecule has 0 unspecified atom stereocenters. The summed E-state index contributed by atoms with van der Waals surface area (Å²) in [6.07, 6.45) is 1.56. The molecule has 0 aliphatic carbocycles. The van der Waals surface area contributed by atoms with E-state index >= 15 is 0 Å². The van der Waals surface area contributed by atoms with Crippen molar-refractivity contribution in [2.45, 2.75) is 26.2 Å². The Balaban J connectivity index is 0.000000283. The van der Waals surface area contributed by atoms with Gasteiger partial charge in [0, 0.05) is 37.6 Å². The predicted octanol–water partition coefficient (Wildman–Crippen LogP) is 4.75. The van der Waals surface area contributed by atoms with Crippen molar-refractivity contribution in [3.05, 3.63) is 60.7 Å². The van der Waals surface area contributed by atoms with Crippen LogP contribution in [0.2, 0.25) is 0 Å². The highest BCUT2D eigenvalue weighted by molar-refractivity contribution is 5.46. The van der Waals surface area contributed by atoms with Crippen LogP contribution in [-0.2, 0) is 0 Å². The van der Waals surface area contributed by atoms with Crippen LogP contribution >= 0.6 is 0 Å². The van der Waals surface area contributed by atoms with E-state index in [1.54, 1.807) is 0 Å². The van der Waals surface area contributed by atoms with Gasteiger partial charge >= 0.3 is 0 Å². The van der Waals surface area contributed by atoms with Gasteiger partial charge in [-0.15, -0.1) is 0 Å². The molecule has 0 aliphatic heterocycles. The van der Waals surface area contributed by atoms with Gasteiger partial charge in [0.1, 0.15) is 0 Å². The van der Waals surface area contributed by atoms with E-state index in [1.807, 2.05) is 48.5 Å². The van der Waals surface area contributed by atoms with Crippen molar-refractivity contribution >= 4 is 11.4 Å². The van der Waals surface area contributed by atoms with Crippen LogP contribution in [0.4, 0.5) is 11.4 Å². The van der Waals surface area contributed by atoms with E-state index in [1.165, 1.54) is 5.69 Å². The summed E-state index contributed by atoms with van der Waals surface area (Å²) >= 11 is 0. The molecule has 0 aliphatic rings. The molecule has 28 heavy (non-hydrogen) atoms. The van der Waals surface area contributed by atoms with E-state index in [-0.39, 0.29) is 0 Å². The lowest BCUT2D eigenvalue weighted by atomic mass is 10.2. The molecule has 5 nitrogen and oxygen atoms in total. The summed E-state index contributed by atoms with van der Waals surface area (Å²) in [4.78, 5) is 4.26. The van der Waals surface area contributed by atoms with E-state index in [2.05, 4.69) is 47.1 Å². The van der Waals surface area contributed by atoms with Gasteiger partial charge in [0.15, 0.2) is 0 Å². The van der Waals surface area contributed by atoms with E-state index < -0.39 is 0 Å². The van der Waals surface area contributed by atoms with Gasteiger partial charge in [-0.25, -0.2) is 0 Å². The first-order chi connectivity index (χ1) is 13.8. The lowest BCUT2D eigenvalue weighted by molar-refractivity contribution is 0.796. The maximum Gasteiger partial charge on any atom is 0.0640 e. The summed E-state index contributed by atoms with van der Waals surface area (Å²) < 4.78 is 0. The number of anilines is 2. The maximum absolute atomic E-state index is 8.55. The minimum atomic E-state index is 0.486. The molecule has 2 aromatic carbocycles. The summed E-state index contributed by atoms with van der Waals surface area (Å²) in [7, 11) is 0. The van der Waals surface area contributed by atoms with E-state index in [0.717, 1.165) is 18.8 Å². The van der Waals surface area contributed by atoms with Crippen LogP contribution in [-0.4, -0.2) is 26.2 Å². The fraction of sp³-hybridized carbons (Fsp3) is 0.348. The largest absolute Gasteiger partial charge is 0.371 e. The fourth-order valence-corrected chi connectivity index (χ4v) is 2.67. The van der Waals surface area contributed by atoms with Crippen LogP contribution in [0.1, 0.15) is 26.2 Å². The van der Waals surface area contributed by atoms with Crippen LogP contribution < -0.4 is 9.80 Å². The second-order valence-corrected chi connectivity index (χ2v) is 5.96. The minimum Gasteiger partial charge on any atom is -0.371 e. The Morgan fingerprint density at radius 1 is 0.607 bits per heavy atom. The van der Waals surface area contributed by atoms with Crippen molar-refractivity contribution in [1.29, 1.82) is 15.8 Å². The van der Waals surface area contributed by atoms with E-state index in [9.17, 15) is 0 Å². The van der Waals surface area contributed by atoms with Crippen molar-refractivity contribution in [2.75, 3.05) is 36.0 Å². The van der Waals surface area contributed by atoms with Crippen molar-refractivity contribution in [2.24, 2.45) is 0 Å². The van der Waals surface area contributed by atoms with Crippen LogP contribution in [0.15, 0.2) is 60.7 Å². The van der Waals surface area contributed by atoms with Crippen LogP contribution in [0, 0.1) is 34.0 Å². The van der Waals surface area contributed by atoms with Crippen molar-refractivity contribution < 1.29 is 0 Å². The van der Waals surface area contributed by atoms with Gasteiger partial charge in [-0.2, -0.15) is 15.8 Å². The first-order valence-corrected chi connectivity index (χ1v) is 9.47. The predicted molar refractivity (Wildman–Crippen MR) is 114 cm³/mol. The Morgan fingerprint density at radius 2 is 0.964 bits per heavy atom. The Bertz CT molecular complexity index is 751. The third kappa shape index (κ3) is 8.75. The van der Waals surface area contributed by atoms with Crippen molar-refractivity contribution in [3.8, 4) is 18.2 Å². The monoisotopic (exact) mass is 373 g/mol. The summed E-state index contributed by atoms with van der Waals surface area (Å²) in [6.45, 7) is 5.23. The Hall–Kier alpha value is -3.49. The molecule has 0 saturated carbocycles. The van der Waals surface area contributed by atoms with Crippen LogP contribution in [0.25, 0.3) is 0 Å². The second kappa shape index (κ2) is 14.7. The molecule has 0 radical (unpaired) electrons. The molecule has 0 spiro atoms. The van der Waals surface area contributed by atoms with Gasteiger partial charge in [-0.3, -0.25) is 0 Å². The SMILES string of the molecule is CCN(CCC#N)c1ccccc1.N#CCCN(CCC#N)c1ccccc1. The molecule has 144 valence electrons. The molecule has 2 rings (SSSR count). The normalized spacial score (nSPS) is 9.07. The highest BCUT2D eigenvalue weighted by Gasteiger charge is 2.04. The number of rotatable bonds is 9. The van der Waals surface area contributed by atoms with Gasteiger partial charge in [0.05, 0.1) is 37.5 Å². The van der Waals surface area contributed by atoms with E-state index in [0.29, 0.717) is 32.4 Å². The minimum absolute atomic E-state index is 0.486. The van der Waals surface area contributed by atoms with Crippen LogP contribution in [0.5, 0.6) is 0 Å². The summed E-state index contributed by atoms with van der Waals surface area (Å²) in [5, 5.41) is 25.6. The molecule has 0 fully saturated rings. The Labute approximate surface area is 168 Å². The van der Waals surface area contributed by atoms with Crippen molar-refractivity contribution in [3.63, 3.8) is 0 Å². The van der Waals surface area contributed by atoms with Gasteiger partial charge in [-0.05, 0) is 31.2 Å². The highest BCUT2D eigenvalue weighted by Crippen LogP contribution is 2.14. The quantitative estimate of drug-likeness (QED) is 0.634. The molecule has 0 bridgehead atoms. The topological polar surface area (TPSA) is 77.8 Å². The maximum atomic E-state index is 8.55. The zero-order valence-corrected chi connectivity index (χ0v) is 16.5. The van der Waals surface area contributed by atoms with Gasteiger partial charge in [-0.1, -0.05) is 36.4 Å². The van der Waals surface area contributed by atoms with Crippen LogP contribution in [0.3, 0.4) is 0 Å². The third-order valence-electron chi connectivity index (χ3n) is 4.10. The second-order valence-electron chi connectivity index (χ2n) is 5.96. The zero-order chi connectivity index (χ0) is 20.5. The number of nitriles is 3. The number of nitrogens with zero attached hydrogens (tertiary/aromatic N) is 5. The first-order valence-electron chi connectivity index (χ1n) is 9.47. The molecule has 5 heteroatoms. The Morgan fingerprint density at radius 3 is 1.32 bits per heavy atom. The van der Waals surface area contributed by atoms with E-state index in [4.69, 9.17) is 15.8 Å². The number of hydrogen-bond donors (Lipinski definition) is 0. The van der Waals surface area contributed by atoms with Gasteiger partial charge in [0.2, 0.25) is 0 Å². The average molecular weight is 374 g/mol. The lowest BCUT2D eigenvalue weighted by Crippen LogP contribution is -2.25. The molecule has 0 amide bonds. The first kappa shape index (κ1) is 22.6. The fourth-order valence-electron chi connectivity index (χ4n) is 2.67. The third-order valence-corrected chi connectivity index (χ3v) is 4.10. The molecule has 0 saturated heterocycles. The zero-order valence-electron chi connectivity index (χ0n) is 16.5. The molecule has 0 N–H and O–H groups in total. The summed E-state index contributed by atoms with van der Waals surface area (Å²) in [6, 6.07) is 26.4. The number of para-hydroxylation sites is 2. The molecular formula is C23H27N5. The smallest absolute Gasteiger partial charge is 0.0640 e.